The minimum Gasteiger partial charge on any atom is -0.325 e. The second-order valence-electron chi connectivity index (χ2n) is 3.98. The molecule has 1 aromatic heterocycles. The van der Waals surface area contributed by atoms with Crippen molar-refractivity contribution < 1.29 is 0 Å². The zero-order valence-corrected chi connectivity index (χ0v) is 10.3. The highest BCUT2D eigenvalue weighted by Gasteiger charge is 2.09. The summed E-state index contributed by atoms with van der Waals surface area (Å²) in [5.74, 6) is 2.56. The average Bonchev–Trinajstić information content (AvgIpc) is 2.61. The van der Waals surface area contributed by atoms with Crippen LogP contribution >= 0.6 is 11.8 Å². The molecule has 0 amide bonds. The van der Waals surface area contributed by atoms with Crippen LogP contribution in [0.25, 0.3) is 0 Å². The lowest BCUT2D eigenvalue weighted by molar-refractivity contribution is 0.277. The molecule has 1 aliphatic rings. The van der Waals surface area contributed by atoms with Gasteiger partial charge in [0.05, 0.1) is 12.2 Å². The first-order chi connectivity index (χ1) is 7.88. The molecule has 1 fully saturated rings. The fourth-order valence-corrected chi connectivity index (χ4v) is 2.73. The van der Waals surface area contributed by atoms with Crippen molar-refractivity contribution in [2.45, 2.75) is 19.5 Å². The first kappa shape index (κ1) is 11.9. The molecular formula is C10H19N5S. The van der Waals surface area contributed by atoms with E-state index in [9.17, 15) is 0 Å². The van der Waals surface area contributed by atoms with E-state index in [0.717, 1.165) is 18.8 Å². The number of rotatable bonds is 4. The zero-order chi connectivity index (χ0) is 11.2. The lowest BCUT2D eigenvalue weighted by Crippen LogP contribution is -2.29. The molecule has 0 aromatic carbocycles. The maximum atomic E-state index is 5.49. The van der Waals surface area contributed by atoms with E-state index >= 15 is 0 Å². The molecule has 2 heterocycles. The number of aromatic nitrogens is 3. The molecule has 0 bridgehead atoms. The Labute approximate surface area is 100 Å². The van der Waals surface area contributed by atoms with E-state index in [0.29, 0.717) is 6.54 Å². The molecule has 90 valence electrons. The van der Waals surface area contributed by atoms with Gasteiger partial charge in [0.1, 0.15) is 0 Å². The highest BCUT2D eigenvalue weighted by Crippen LogP contribution is 2.09. The second-order valence-corrected chi connectivity index (χ2v) is 5.21. The fraction of sp³-hybridized carbons (Fsp3) is 0.800. The number of thioether (sulfide) groups is 1. The lowest BCUT2D eigenvalue weighted by atomic mass is 10.4. The van der Waals surface area contributed by atoms with Gasteiger partial charge in [-0.1, -0.05) is 5.21 Å². The Morgan fingerprint density at radius 2 is 2.25 bits per heavy atom. The van der Waals surface area contributed by atoms with E-state index in [1.54, 1.807) is 0 Å². The molecule has 0 unspecified atom stereocenters. The van der Waals surface area contributed by atoms with Crippen molar-refractivity contribution in [2.75, 3.05) is 31.1 Å². The zero-order valence-electron chi connectivity index (χ0n) is 9.51. The Balaban J connectivity index is 1.77. The molecule has 6 heteroatoms. The molecule has 2 rings (SSSR count). The molecule has 0 spiro atoms. The predicted molar refractivity (Wildman–Crippen MR) is 66.3 cm³/mol. The van der Waals surface area contributed by atoms with Crippen LogP contribution in [0.2, 0.25) is 0 Å². The van der Waals surface area contributed by atoms with Crippen molar-refractivity contribution in [3.63, 3.8) is 0 Å². The van der Waals surface area contributed by atoms with Gasteiger partial charge in [0.15, 0.2) is 0 Å². The first-order valence-electron chi connectivity index (χ1n) is 5.77. The van der Waals surface area contributed by atoms with Gasteiger partial charge in [-0.3, -0.25) is 4.68 Å². The number of nitrogens with two attached hydrogens (primary N) is 1. The lowest BCUT2D eigenvalue weighted by Gasteiger charge is -2.18. The number of hydrogen-bond acceptors (Lipinski definition) is 5. The third-order valence-electron chi connectivity index (χ3n) is 2.76. The highest BCUT2D eigenvalue weighted by molar-refractivity contribution is 7.99. The van der Waals surface area contributed by atoms with Crippen LogP contribution in [0.4, 0.5) is 0 Å². The van der Waals surface area contributed by atoms with Crippen LogP contribution in [0.3, 0.4) is 0 Å². The summed E-state index contributed by atoms with van der Waals surface area (Å²) in [5.41, 5.74) is 6.36. The maximum absolute atomic E-state index is 5.49. The van der Waals surface area contributed by atoms with E-state index in [1.807, 2.05) is 10.9 Å². The van der Waals surface area contributed by atoms with E-state index in [1.165, 1.54) is 31.0 Å². The van der Waals surface area contributed by atoms with Crippen LogP contribution in [0, 0.1) is 0 Å². The van der Waals surface area contributed by atoms with Crippen molar-refractivity contribution in [3.05, 3.63) is 11.9 Å². The Bertz CT molecular complexity index is 306. The third-order valence-corrected chi connectivity index (χ3v) is 3.80. The Morgan fingerprint density at radius 1 is 1.31 bits per heavy atom. The SMILES string of the molecule is NCc1cn(CCN2CCCSCC2)nn1. The van der Waals surface area contributed by atoms with Crippen LogP contribution in [0.1, 0.15) is 12.1 Å². The van der Waals surface area contributed by atoms with Gasteiger partial charge in [0, 0.05) is 31.6 Å². The molecule has 16 heavy (non-hydrogen) atoms. The molecule has 5 nitrogen and oxygen atoms in total. The summed E-state index contributed by atoms with van der Waals surface area (Å²) in [5, 5.41) is 8.03. The minimum atomic E-state index is 0.473. The molecule has 1 aromatic rings. The summed E-state index contributed by atoms with van der Waals surface area (Å²) in [6.07, 6.45) is 3.24. The van der Waals surface area contributed by atoms with Gasteiger partial charge in [-0.15, -0.1) is 5.10 Å². The third kappa shape index (κ3) is 3.47. The van der Waals surface area contributed by atoms with Gasteiger partial charge < -0.3 is 10.6 Å². The van der Waals surface area contributed by atoms with Crippen molar-refractivity contribution in [2.24, 2.45) is 5.73 Å². The van der Waals surface area contributed by atoms with Gasteiger partial charge in [-0.05, 0) is 18.7 Å². The molecular weight excluding hydrogens is 222 g/mol. The van der Waals surface area contributed by atoms with Gasteiger partial charge in [0.25, 0.3) is 0 Å². The predicted octanol–water partition coefficient (Wildman–Crippen LogP) is 0.176. The summed E-state index contributed by atoms with van der Waals surface area (Å²) in [6.45, 7) is 4.86. The topological polar surface area (TPSA) is 60.0 Å². The minimum absolute atomic E-state index is 0.473. The van der Waals surface area contributed by atoms with Gasteiger partial charge in [-0.25, -0.2) is 0 Å². The number of hydrogen-bond donors (Lipinski definition) is 1. The van der Waals surface area contributed by atoms with Crippen LogP contribution in [-0.4, -0.2) is 51.0 Å². The first-order valence-corrected chi connectivity index (χ1v) is 6.93. The molecule has 0 aliphatic carbocycles. The monoisotopic (exact) mass is 241 g/mol. The van der Waals surface area contributed by atoms with Crippen LogP contribution < -0.4 is 5.73 Å². The normalized spacial score (nSPS) is 18.6. The Kier molecular flexibility index (Phi) is 4.62. The Hall–Kier alpha value is -0.590. The van der Waals surface area contributed by atoms with E-state index < -0.39 is 0 Å². The molecule has 0 radical (unpaired) electrons. The van der Waals surface area contributed by atoms with Crippen molar-refractivity contribution in [1.29, 1.82) is 0 Å². The number of nitrogens with zero attached hydrogens (tertiary/aromatic N) is 4. The van der Waals surface area contributed by atoms with Gasteiger partial charge >= 0.3 is 0 Å². The standard InChI is InChI=1S/C10H19N5S/c11-8-10-9-15(13-12-10)4-3-14-2-1-6-16-7-5-14/h9H,1-8,11H2. The molecule has 1 aliphatic heterocycles. The van der Waals surface area contributed by atoms with Crippen LogP contribution in [0.15, 0.2) is 6.20 Å². The quantitative estimate of drug-likeness (QED) is 0.814. The summed E-state index contributed by atoms with van der Waals surface area (Å²) in [7, 11) is 0. The van der Waals surface area contributed by atoms with E-state index in [2.05, 4.69) is 27.0 Å². The molecule has 1 saturated heterocycles. The fourth-order valence-electron chi connectivity index (χ4n) is 1.81. The highest BCUT2D eigenvalue weighted by atomic mass is 32.2. The summed E-state index contributed by atoms with van der Waals surface area (Å²) in [6, 6.07) is 0. The summed E-state index contributed by atoms with van der Waals surface area (Å²) < 4.78 is 1.89. The largest absolute Gasteiger partial charge is 0.325 e. The smallest absolute Gasteiger partial charge is 0.0962 e. The van der Waals surface area contributed by atoms with Crippen LogP contribution in [-0.2, 0) is 13.1 Å². The van der Waals surface area contributed by atoms with E-state index in [-0.39, 0.29) is 0 Å². The molecule has 0 saturated carbocycles. The molecule has 0 atom stereocenters. The van der Waals surface area contributed by atoms with Crippen molar-refractivity contribution >= 4 is 11.8 Å². The second kappa shape index (κ2) is 6.22. The van der Waals surface area contributed by atoms with Gasteiger partial charge in [0.2, 0.25) is 0 Å². The van der Waals surface area contributed by atoms with Crippen LogP contribution in [0.5, 0.6) is 0 Å². The average molecular weight is 241 g/mol. The Morgan fingerprint density at radius 3 is 3.06 bits per heavy atom. The van der Waals surface area contributed by atoms with Crippen molar-refractivity contribution in [1.82, 2.24) is 19.9 Å². The molecule has 2 N–H and O–H groups in total. The summed E-state index contributed by atoms with van der Waals surface area (Å²) in [4.78, 5) is 2.50. The van der Waals surface area contributed by atoms with Crippen molar-refractivity contribution in [3.8, 4) is 0 Å². The van der Waals surface area contributed by atoms with Gasteiger partial charge in [-0.2, -0.15) is 11.8 Å². The van der Waals surface area contributed by atoms with E-state index in [4.69, 9.17) is 5.73 Å². The summed E-state index contributed by atoms with van der Waals surface area (Å²) >= 11 is 2.06. The maximum Gasteiger partial charge on any atom is 0.0962 e.